The van der Waals surface area contributed by atoms with Crippen molar-refractivity contribution in [3.63, 3.8) is 0 Å². The summed E-state index contributed by atoms with van der Waals surface area (Å²) in [7, 11) is 0. The standard InChI is InChI=1S/C7H10N2O2/c10-8-6-4-2-1-3-5-7(6)9-11/h2,4,10-11H,1,3,5H2. The van der Waals surface area contributed by atoms with Crippen molar-refractivity contribution in [3.8, 4) is 0 Å². The van der Waals surface area contributed by atoms with Gasteiger partial charge in [0.2, 0.25) is 0 Å². The highest BCUT2D eigenvalue weighted by atomic mass is 16.4. The van der Waals surface area contributed by atoms with Crippen molar-refractivity contribution < 1.29 is 10.4 Å². The van der Waals surface area contributed by atoms with Crippen LogP contribution in [-0.2, 0) is 0 Å². The Labute approximate surface area is 64.5 Å². The molecule has 0 bridgehead atoms. The number of allylic oxidation sites excluding steroid dienone is 2. The number of hydrogen-bond acceptors (Lipinski definition) is 4. The van der Waals surface area contributed by atoms with E-state index in [0.717, 1.165) is 12.8 Å². The monoisotopic (exact) mass is 154 g/mol. The lowest BCUT2D eigenvalue weighted by molar-refractivity contribution is 0.313. The van der Waals surface area contributed by atoms with E-state index in [1.807, 2.05) is 6.08 Å². The summed E-state index contributed by atoms with van der Waals surface area (Å²) in [5, 5.41) is 23.0. The first kappa shape index (κ1) is 7.78. The Morgan fingerprint density at radius 3 is 2.73 bits per heavy atom. The van der Waals surface area contributed by atoms with Gasteiger partial charge in [-0.25, -0.2) is 0 Å². The largest absolute Gasteiger partial charge is 0.411 e. The highest BCUT2D eigenvalue weighted by molar-refractivity contribution is 6.46. The lowest BCUT2D eigenvalue weighted by atomic mass is 10.1. The van der Waals surface area contributed by atoms with Crippen LogP contribution in [0.15, 0.2) is 22.5 Å². The van der Waals surface area contributed by atoms with Crippen LogP contribution in [0.5, 0.6) is 0 Å². The fraction of sp³-hybridized carbons (Fsp3) is 0.429. The van der Waals surface area contributed by atoms with Crippen molar-refractivity contribution in [3.05, 3.63) is 12.2 Å². The van der Waals surface area contributed by atoms with Gasteiger partial charge < -0.3 is 10.4 Å². The third-order valence-corrected chi connectivity index (χ3v) is 1.58. The van der Waals surface area contributed by atoms with E-state index in [4.69, 9.17) is 10.4 Å². The van der Waals surface area contributed by atoms with Crippen molar-refractivity contribution in [2.45, 2.75) is 19.3 Å². The molecular weight excluding hydrogens is 144 g/mol. The smallest absolute Gasteiger partial charge is 0.127 e. The normalized spacial score (nSPS) is 25.8. The Morgan fingerprint density at radius 1 is 1.27 bits per heavy atom. The number of nitrogens with zero attached hydrogens (tertiary/aromatic N) is 2. The van der Waals surface area contributed by atoms with E-state index in [2.05, 4.69) is 10.3 Å². The molecule has 0 radical (unpaired) electrons. The maximum absolute atomic E-state index is 8.48. The Kier molecular flexibility index (Phi) is 2.66. The second kappa shape index (κ2) is 3.75. The minimum absolute atomic E-state index is 0.352. The van der Waals surface area contributed by atoms with Crippen molar-refractivity contribution >= 4 is 11.4 Å². The molecule has 4 nitrogen and oxygen atoms in total. The molecule has 1 aliphatic carbocycles. The Morgan fingerprint density at radius 2 is 2.09 bits per heavy atom. The summed E-state index contributed by atoms with van der Waals surface area (Å²) < 4.78 is 0. The van der Waals surface area contributed by atoms with Crippen LogP contribution >= 0.6 is 0 Å². The van der Waals surface area contributed by atoms with Crippen molar-refractivity contribution in [2.75, 3.05) is 0 Å². The van der Waals surface area contributed by atoms with E-state index in [-0.39, 0.29) is 0 Å². The molecule has 0 heterocycles. The van der Waals surface area contributed by atoms with Gasteiger partial charge in [-0.05, 0) is 25.3 Å². The minimum Gasteiger partial charge on any atom is -0.411 e. The fourth-order valence-corrected chi connectivity index (χ4v) is 0.999. The molecule has 0 amide bonds. The Balaban J connectivity index is 2.85. The van der Waals surface area contributed by atoms with Gasteiger partial charge in [-0.15, -0.1) is 0 Å². The molecule has 1 rings (SSSR count). The highest BCUT2D eigenvalue weighted by Crippen LogP contribution is 2.06. The molecule has 0 aliphatic heterocycles. The molecule has 0 fully saturated rings. The van der Waals surface area contributed by atoms with Crippen LogP contribution in [0.4, 0.5) is 0 Å². The second-order valence-corrected chi connectivity index (χ2v) is 2.33. The number of oxime groups is 2. The zero-order valence-electron chi connectivity index (χ0n) is 6.06. The summed E-state index contributed by atoms with van der Waals surface area (Å²) in [5.74, 6) is 0. The van der Waals surface area contributed by atoms with Gasteiger partial charge in [-0.1, -0.05) is 16.4 Å². The van der Waals surface area contributed by atoms with Gasteiger partial charge in [0.25, 0.3) is 0 Å². The summed E-state index contributed by atoms with van der Waals surface area (Å²) in [6.45, 7) is 0. The summed E-state index contributed by atoms with van der Waals surface area (Å²) in [4.78, 5) is 0. The zero-order chi connectivity index (χ0) is 8.10. The molecule has 0 spiro atoms. The van der Waals surface area contributed by atoms with Crippen LogP contribution < -0.4 is 0 Å². The third kappa shape index (κ3) is 1.80. The van der Waals surface area contributed by atoms with E-state index in [1.54, 1.807) is 6.08 Å². The van der Waals surface area contributed by atoms with Gasteiger partial charge in [0.15, 0.2) is 0 Å². The molecule has 0 saturated heterocycles. The topological polar surface area (TPSA) is 65.2 Å². The second-order valence-electron chi connectivity index (χ2n) is 2.33. The molecule has 1 aliphatic rings. The summed E-state index contributed by atoms with van der Waals surface area (Å²) >= 11 is 0. The Hall–Kier alpha value is -1.32. The van der Waals surface area contributed by atoms with Crippen molar-refractivity contribution in [1.82, 2.24) is 0 Å². The van der Waals surface area contributed by atoms with E-state index in [9.17, 15) is 0 Å². The lowest BCUT2D eigenvalue weighted by Crippen LogP contribution is -2.10. The van der Waals surface area contributed by atoms with Gasteiger partial charge in [-0.3, -0.25) is 0 Å². The fourth-order valence-electron chi connectivity index (χ4n) is 0.999. The summed E-state index contributed by atoms with van der Waals surface area (Å²) in [6, 6.07) is 0. The van der Waals surface area contributed by atoms with Crippen molar-refractivity contribution in [1.29, 1.82) is 0 Å². The zero-order valence-corrected chi connectivity index (χ0v) is 6.06. The predicted molar refractivity (Wildman–Crippen MR) is 41.4 cm³/mol. The average molecular weight is 154 g/mol. The molecule has 0 aromatic carbocycles. The van der Waals surface area contributed by atoms with Crippen molar-refractivity contribution in [2.24, 2.45) is 10.3 Å². The minimum atomic E-state index is 0.352. The molecule has 0 unspecified atom stereocenters. The molecule has 2 N–H and O–H groups in total. The molecular formula is C7H10N2O2. The molecule has 4 heteroatoms. The molecule has 60 valence electrons. The first-order valence-corrected chi connectivity index (χ1v) is 3.48. The SMILES string of the molecule is ON=C1C=CCCCC1=NO. The summed E-state index contributed by atoms with van der Waals surface area (Å²) in [5.41, 5.74) is 0.797. The first-order valence-electron chi connectivity index (χ1n) is 3.48. The van der Waals surface area contributed by atoms with Crippen LogP contribution in [0.25, 0.3) is 0 Å². The van der Waals surface area contributed by atoms with E-state index < -0.39 is 0 Å². The predicted octanol–water partition coefficient (Wildman–Crippen LogP) is 1.39. The number of hydrogen-bond donors (Lipinski definition) is 2. The third-order valence-electron chi connectivity index (χ3n) is 1.58. The van der Waals surface area contributed by atoms with Crippen LogP contribution in [0.3, 0.4) is 0 Å². The summed E-state index contributed by atoms with van der Waals surface area (Å²) in [6.07, 6.45) is 6.06. The average Bonchev–Trinajstić information content (AvgIpc) is 2.27. The Bertz CT molecular complexity index is 218. The lowest BCUT2D eigenvalue weighted by Gasteiger charge is -1.96. The van der Waals surface area contributed by atoms with Crippen LogP contribution in [0.2, 0.25) is 0 Å². The van der Waals surface area contributed by atoms with Gasteiger partial charge >= 0.3 is 0 Å². The van der Waals surface area contributed by atoms with Crippen LogP contribution in [0, 0.1) is 0 Å². The maximum Gasteiger partial charge on any atom is 0.127 e. The quantitative estimate of drug-likeness (QED) is 0.409. The van der Waals surface area contributed by atoms with Crippen LogP contribution in [0.1, 0.15) is 19.3 Å². The number of rotatable bonds is 0. The van der Waals surface area contributed by atoms with Gasteiger partial charge in [0.1, 0.15) is 11.4 Å². The molecule has 0 saturated carbocycles. The highest BCUT2D eigenvalue weighted by Gasteiger charge is 2.09. The van der Waals surface area contributed by atoms with Gasteiger partial charge in [0, 0.05) is 0 Å². The molecule has 0 aromatic heterocycles. The first-order chi connectivity index (χ1) is 5.38. The maximum atomic E-state index is 8.48. The van der Waals surface area contributed by atoms with Crippen LogP contribution in [-0.4, -0.2) is 21.8 Å². The molecule has 0 atom stereocenters. The van der Waals surface area contributed by atoms with E-state index in [0.29, 0.717) is 17.8 Å². The molecule has 0 aromatic rings. The van der Waals surface area contributed by atoms with Gasteiger partial charge in [-0.2, -0.15) is 0 Å². The van der Waals surface area contributed by atoms with Gasteiger partial charge in [0.05, 0.1) is 0 Å². The van der Waals surface area contributed by atoms with E-state index in [1.165, 1.54) is 0 Å². The molecule has 11 heavy (non-hydrogen) atoms. The van der Waals surface area contributed by atoms with E-state index >= 15 is 0 Å².